The molecule has 0 saturated carbocycles. The average molecular weight is 363 g/mol. The Morgan fingerprint density at radius 2 is 1.92 bits per heavy atom. The van der Waals surface area contributed by atoms with Gasteiger partial charge in [-0.3, -0.25) is 9.78 Å². The van der Waals surface area contributed by atoms with Gasteiger partial charge in [-0.05, 0) is 42.3 Å². The largest absolute Gasteiger partial charge is 0.383 e. The zero-order chi connectivity index (χ0) is 18.3. The number of rotatable bonds is 8. The van der Waals surface area contributed by atoms with Crippen LogP contribution in [-0.2, 0) is 21.3 Å². The molecule has 1 aromatic heterocycles. The van der Waals surface area contributed by atoms with E-state index in [0.29, 0.717) is 24.3 Å². The van der Waals surface area contributed by atoms with Gasteiger partial charge < -0.3 is 10.1 Å². The maximum atomic E-state index is 12.5. The number of ether oxygens (including phenoxy) is 1. The van der Waals surface area contributed by atoms with E-state index in [1.807, 2.05) is 0 Å². The van der Waals surface area contributed by atoms with Gasteiger partial charge in [0.2, 0.25) is 10.0 Å². The molecular weight excluding hydrogens is 342 g/mol. The Morgan fingerprint density at radius 1 is 1.20 bits per heavy atom. The number of sulfonamides is 1. The molecule has 2 rings (SSSR count). The molecule has 0 aliphatic rings. The van der Waals surface area contributed by atoms with E-state index < -0.39 is 10.0 Å². The second-order valence-electron chi connectivity index (χ2n) is 5.41. The molecule has 0 spiro atoms. The molecule has 0 unspecified atom stereocenters. The van der Waals surface area contributed by atoms with Gasteiger partial charge >= 0.3 is 0 Å². The number of amides is 1. The first-order valence-electron chi connectivity index (χ1n) is 7.70. The summed E-state index contributed by atoms with van der Waals surface area (Å²) in [4.78, 5) is 16.1. The summed E-state index contributed by atoms with van der Waals surface area (Å²) >= 11 is 0. The highest BCUT2D eigenvalue weighted by molar-refractivity contribution is 7.89. The minimum atomic E-state index is -3.73. The Balaban J connectivity index is 2.15. The van der Waals surface area contributed by atoms with E-state index in [-0.39, 0.29) is 17.3 Å². The second kappa shape index (κ2) is 8.70. The molecule has 0 radical (unpaired) electrons. The third kappa shape index (κ3) is 5.35. The van der Waals surface area contributed by atoms with E-state index in [9.17, 15) is 13.2 Å². The van der Waals surface area contributed by atoms with Gasteiger partial charge in [-0.25, -0.2) is 13.1 Å². The lowest BCUT2D eigenvalue weighted by Gasteiger charge is -2.11. The average Bonchev–Trinajstić information content (AvgIpc) is 2.61. The summed E-state index contributed by atoms with van der Waals surface area (Å²) in [6.45, 7) is 2.64. The van der Waals surface area contributed by atoms with Crippen LogP contribution in [0.3, 0.4) is 0 Å². The number of carbonyl (C=O) groups is 1. The van der Waals surface area contributed by atoms with E-state index in [0.717, 1.165) is 5.56 Å². The van der Waals surface area contributed by atoms with Gasteiger partial charge in [-0.1, -0.05) is 6.07 Å². The van der Waals surface area contributed by atoms with Crippen molar-refractivity contribution >= 4 is 15.9 Å². The Kier molecular flexibility index (Phi) is 6.63. The smallest absolute Gasteiger partial charge is 0.251 e. The van der Waals surface area contributed by atoms with E-state index in [1.54, 1.807) is 44.6 Å². The number of carbonyl (C=O) groups excluding carboxylic acids is 1. The van der Waals surface area contributed by atoms with Gasteiger partial charge in [0.15, 0.2) is 0 Å². The van der Waals surface area contributed by atoms with Crippen LogP contribution < -0.4 is 10.0 Å². The molecule has 8 heteroatoms. The lowest BCUT2D eigenvalue weighted by Crippen LogP contribution is -2.28. The van der Waals surface area contributed by atoms with Crippen LogP contribution in [0.15, 0.2) is 47.6 Å². The number of aryl methyl sites for hydroxylation is 1. The molecule has 134 valence electrons. The number of aromatic nitrogens is 1. The van der Waals surface area contributed by atoms with Crippen LogP contribution in [0.5, 0.6) is 0 Å². The highest BCUT2D eigenvalue weighted by Crippen LogP contribution is 2.16. The van der Waals surface area contributed by atoms with E-state index in [1.165, 1.54) is 12.1 Å². The van der Waals surface area contributed by atoms with Crippen molar-refractivity contribution < 1.29 is 17.9 Å². The normalized spacial score (nSPS) is 11.3. The highest BCUT2D eigenvalue weighted by atomic mass is 32.2. The predicted molar refractivity (Wildman–Crippen MR) is 93.7 cm³/mol. The summed E-state index contributed by atoms with van der Waals surface area (Å²) in [5.41, 5.74) is 1.81. The van der Waals surface area contributed by atoms with Crippen molar-refractivity contribution in [2.75, 3.05) is 20.3 Å². The molecule has 1 amide bonds. The standard InChI is InChI=1S/C17H21N3O4S/c1-13-3-4-15(11-16(13)17(21)19-9-10-24-2)25(22,23)20-12-14-5-7-18-8-6-14/h3-8,11,20H,9-10,12H2,1-2H3,(H,19,21). The lowest BCUT2D eigenvalue weighted by atomic mass is 10.1. The first kappa shape index (κ1) is 19.0. The maximum Gasteiger partial charge on any atom is 0.251 e. The minimum Gasteiger partial charge on any atom is -0.383 e. The molecule has 25 heavy (non-hydrogen) atoms. The number of pyridine rings is 1. The first-order valence-corrected chi connectivity index (χ1v) is 9.18. The number of hydrogen-bond donors (Lipinski definition) is 2. The van der Waals surface area contributed by atoms with Gasteiger partial charge in [0.05, 0.1) is 11.5 Å². The number of methoxy groups -OCH3 is 1. The summed E-state index contributed by atoms with van der Waals surface area (Å²) in [5.74, 6) is -0.333. The summed E-state index contributed by atoms with van der Waals surface area (Å²) < 4.78 is 32.4. The molecule has 0 fully saturated rings. The monoisotopic (exact) mass is 363 g/mol. The van der Waals surface area contributed by atoms with Crippen LogP contribution in [-0.4, -0.2) is 39.6 Å². The highest BCUT2D eigenvalue weighted by Gasteiger charge is 2.17. The predicted octanol–water partition coefficient (Wildman–Crippen LogP) is 1.24. The molecule has 0 saturated heterocycles. The van der Waals surface area contributed by atoms with Crippen molar-refractivity contribution in [3.05, 3.63) is 59.4 Å². The van der Waals surface area contributed by atoms with E-state index >= 15 is 0 Å². The molecule has 2 aromatic rings. The van der Waals surface area contributed by atoms with Crippen LogP contribution in [0.2, 0.25) is 0 Å². The van der Waals surface area contributed by atoms with E-state index in [4.69, 9.17) is 4.74 Å². The van der Waals surface area contributed by atoms with Gasteiger partial charge in [0.1, 0.15) is 0 Å². The number of nitrogens with one attached hydrogen (secondary N) is 2. The topological polar surface area (TPSA) is 97.4 Å². The van der Waals surface area contributed by atoms with Gasteiger partial charge in [0, 0.05) is 38.2 Å². The summed E-state index contributed by atoms with van der Waals surface area (Å²) in [6.07, 6.45) is 3.19. The summed E-state index contributed by atoms with van der Waals surface area (Å²) in [5, 5.41) is 2.69. The number of benzene rings is 1. The van der Waals surface area contributed by atoms with Gasteiger partial charge in [-0.15, -0.1) is 0 Å². The third-order valence-electron chi connectivity index (χ3n) is 3.57. The Bertz CT molecular complexity index is 823. The lowest BCUT2D eigenvalue weighted by molar-refractivity contribution is 0.0936. The zero-order valence-electron chi connectivity index (χ0n) is 14.2. The molecule has 2 N–H and O–H groups in total. The Morgan fingerprint density at radius 3 is 2.60 bits per heavy atom. The van der Waals surface area contributed by atoms with Crippen LogP contribution >= 0.6 is 0 Å². The molecular formula is C17H21N3O4S. The van der Waals surface area contributed by atoms with Crippen LogP contribution in [0.25, 0.3) is 0 Å². The molecule has 7 nitrogen and oxygen atoms in total. The zero-order valence-corrected chi connectivity index (χ0v) is 15.0. The molecule has 0 aliphatic carbocycles. The van der Waals surface area contributed by atoms with Crippen molar-refractivity contribution in [3.63, 3.8) is 0 Å². The molecule has 0 atom stereocenters. The Hall–Kier alpha value is -2.29. The molecule has 1 aromatic carbocycles. The van der Waals surface area contributed by atoms with Gasteiger partial charge in [0.25, 0.3) is 5.91 Å². The van der Waals surface area contributed by atoms with Crippen molar-refractivity contribution in [1.82, 2.24) is 15.0 Å². The third-order valence-corrected chi connectivity index (χ3v) is 4.97. The van der Waals surface area contributed by atoms with Crippen LogP contribution in [0.1, 0.15) is 21.5 Å². The van der Waals surface area contributed by atoms with Crippen molar-refractivity contribution in [2.45, 2.75) is 18.4 Å². The van der Waals surface area contributed by atoms with Crippen LogP contribution in [0, 0.1) is 6.92 Å². The second-order valence-corrected chi connectivity index (χ2v) is 7.17. The molecule has 0 bridgehead atoms. The van der Waals surface area contributed by atoms with Crippen molar-refractivity contribution in [3.8, 4) is 0 Å². The fraction of sp³-hybridized carbons (Fsp3) is 0.294. The van der Waals surface area contributed by atoms with E-state index in [2.05, 4.69) is 15.0 Å². The Labute approximate surface area is 147 Å². The number of hydrogen-bond acceptors (Lipinski definition) is 5. The fourth-order valence-electron chi connectivity index (χ4n) is 2.14. The molecule has 1 heterocycles. The summed E-state index contributed by atoms with van der Waals surface area (Å²) in [6, 6.07) is 7.94. The SMILES string of the molecule is COCCNC(=O)c1cc(S(=O)(=O)NCc2ccncc2)ccc1C. The molecule has 0 aliphatic heterocycles. The summed E-state index contributed by atoms with van der Waals surface area (Å²) in [7, 11) is -2.19. The number of nitrogens with zero attached hydrogens (tertiary/aromatic N) is 1. The quantitative estimate of drug-likeness (QED) is 0.688. The maximum absolute atomic E-state index is 12.5. The van der Waals surface area contributed by atoms with Crippen molar-refractivity contribution in [1.29, 1.82) is 0 Å². The van der Waals surface area contributed by atoms with Crippen LogP contribution in [0.4, 0.5) is 0 Å². The van der Waals surface area contributed by atoms with Gasteiger partial charge in [-0.2, -0.15) is 0 Å². The first-order chi connectivity index (χ1) is 11.9. The van der Waals surface area contributed by atoms with Crippen molar-refractivity contribution in [2.24, 2.45) is 0 Å². The fourth-order valence-corrected chi connectivity index (χ4v) is 3.18. The minimum absolute atomic E-state index is 0.0454.